The van der Waals surface area contributed by atoms with Crippen LogP contribution in [0.2, 0.25) is 0 Å². The van der Waals surface area contributed by atoms with Crippen molar-refractivity contribution >= 4 is 11.8 Å². The van der Waals surface area contributed by atoms with Gasteiger partial charge in [-0.05, 0) is 37.1 Å². The summed E-state index contributed by atoms with van der Waals surface area (Å²) in [6, 6.07) is 17.3. The minimum absolute atomic E-state index is 0.0405. The molecule has 2 heterocycles. The molecular weight excluding hydrogens is 392 g/mol. The van der Waals surface area contributed by atoms with Crippen molar-refractivity contribution in [3.05, 3.63) is 66.4 Å². The number of benzene rings is 2. The molecule has 0 aliphatic carbocycles. The van der Waals surface area contributed by atoms with Crippen LogP contribution in [0.15, 0.2) is 60.8 Å². The number of nitrogens with zero attached hydrogens (tertiary/aromatic N) is 3. The van der Waals surface area contributed by atoms with Crippen LogP contribution < -0.4 is 10.1 Å². The van der Waals surface area contributed by atoms with E-state index < -0.39 is 0 Å². The maximum absolute atomic E-state index is 13.5. The average Bonchev–Trinajstić information content (AvgIpc) is 3.29. The third-order valence-electron chi connectivity index (χ3n) is 5.73. The number of aromatic nitrogens is 2. The zero-order chi connectivity index (χ0) is 21.8. The molecule has 0 saturated carbocycles. The van der Waals surface area contributed by atoms with Gasteiger partial charge in [-0.3, -0.25) is 9.59 Å². The molecule has 0 atom stereocenters. The Kier molecular flexibility index (Phi) is 6.02. The maximum Gasteiger partial charge on any atom is 0.257 e. The van der Waals surface area contributed by atoms with Gasteiger partial charge in [-0.25, -0.2) is 4.68 Å². The fourth-order valence-electron chi connectivity index (χ4n) is 4.00. The number of nitrogens with one attached hydrogen (secondary N) is 1. The van der Waals surface area contributed by atoms with E-state index in [9.17, 15) is 9.59 Å². The number of hydrogen-bond donors (Lipinski definition) is 1. The van der Waals surface area contributed by atoms with Crippen molar-refractivity contribution in [1.29, 1.82) is 0 Å². The lowest BCUT2D eigenvalue weighted by molar-refractivity contribution is -0.125. The van der Waals surface area contributed by atoms with Crippen LogP contribution in [0, 0.1) is 5.92 Å². The summed E-state index contributed by atoms with van der Waals surface area (Å²) in [5.41, 5.74) is 2.74. The molecule has 31 heavy (non-hydrogen) atoms. The second-order valence-electron chi connectivity index (χ2n) is 7.55. The highest BCUT2D eigenvalue weighted by Gasteiger charge is 2.30. The molecule has 1 saturated heterocycles. The summed E-state index contributed by atoms with van der Waals surface area (Å²) in [5, 5.41) is 7.46. The summed E-state index contributed by atoms with van der Waals surface area (Å²) in [6.45, 7) is 1.08. The second-order valence-corrected chi connectivity index (χ2v) is 7.55. The quantitative estimate of drug-likeness (QED) is 0.691. The number of para-hydroxylation sites is 2. The summed E-state index contributed by atoms with van der Waals surface area (Å²) in [7, 11) is 3.26. The van der Waals surface area contributed by atoms with E-state index in [4.69, 9.17) is 9.84 Å². The number of carbonyl (C=O) groups excluding carboxylic acids is 2. The van der Waals surface area contributed by atoms with Crippen LogP contribution in [-0.2, 0) is 4.79 Å². The van der Waals surface area contributed by atoms with Crippen molar-refractivity contribution < 1.29 is 14.3 Å². The van der Waals surface area contributed by atoms with Crippen LogP contribution in [0.5, 0.6) is 5.75 Å². The largest absolute Gasteiger partial charge is 0.496 e. The number of rotatable bonds is 5. The standard InChI is InChI=1S/C24H26N4O3/c1-25-23(29)17-12-14-27(15-13-17)24(30)20-16-28(18-8-4-3-5-9-18)26-22(20)19-10-6-7-11-21(19)31-2/h3-11,16-17H,12-15H2,1-2H3,(H,25,29). The summed E-state index contributed by atoms with van der Waals surface area (Å²) < 4.78 is 7.26. The molecule has 7 heteroatoms. The van der Waals surface area contributed by atoms with Crippen molar-refractivity contribution in [2.24, 2.45) is 5.92 Å². The van der Waals surface area contributed by atoms with Crippen LogP contribution in [0.25, 0.3) is 16.9 Å². The third-order valence-corrected chi connectivity index (χ3v) is 5.73. The molecule has 0 unspecified atom stereocenters. The van der Waals surface area contributed by atoms with Gasteiger partial charge in [0.05, 0.1) is 18.4 Å². The van der Waals surface area contributed by atoms with E-state index in [1.54, 1.807) is 25.0 Å². The minimum atomic E-state index is -0.0848. The van der Waals surface area contributed by atoms with Gasteiger partial charge in [0.25, 0.3) is 5.91 Å². The predicted octanol–water partition coefficient (Wildman–Crippen LogP) is 3.15. The lowest BCUT2D eigenvalue weighted by Gasteiger charge is -2.31. The minimum Gasteiger partial charge on any atom is -0.496 e. The molecule has 2 aromatic carbocycles. The second kappa shape index (κ2) is 9.04. The van der Waals surface area contributed by atoms with Gasteiger partial charge in [-0.1, -0.05) is 30.3 Å². The van der Waals surface area contributed by atoms with Gasteiger partial charge in [0, 0.05) is 37.8 Å². The first-order valence-corrected chi connectivity index (χ1v) is 10.4. The van der Waals surface area contributed by atoms with E-state index in [-0.39, 0.29) is 17.7 Å². The van der Waals surface area contributed by atoms with E-state index >= 15 is 0 Å². The topological polar surface area (TPSA) is 76.5 Å². The molecule has 1 aliphatic rings. The Morgan fingerprint density at radius 3 is 2.39 bits per heavy atom. The number of hydrogen-bond acceptors (Lipinski definition) is 4. The van der Waals surface area contributed by atoms with E-state index in [1.165, 1.54) is 0 Å². The Labute approximate surface area is 181 Å². The molecule has 3 aromatic rings. The lowest BCUT2D eigenvalue weighted by Crippen LogP contribution is -2.42. The van der Waals surface area contributed by atoms with Gasteiger partial charge in [-0.2, -0.15) is 5.10 Å². The van der Waals surface area contributed by atoms with Crippen molar-refractivity contribution in [3.63, 3.8) is 0 Å². The predicted molar refractivity (Wildman–Crippen MR) is 118 cm³/mol. The normalized spacial score (nSPS) is 14.3. The van der Waals surface area contributed by atoms with E-state index in [0.717, 1.165) is 11.3 Å². The Morgan fingerprint density at radius 1 is 1.03 bits per heavy atom. The molecule has 1 fully saturated rings. The van der Waals surface area contributed by atoms with Crippen LogP contribution >= 0.6 is 0 Å². The summed E-state index contributed by atoms with van der Waals surface area (Å²) >= 11 is 0. The van der Waals surface area contributed by atoms with Gasteiger partial charge in [0.15, 0.2) is 0 Å². The fourth-order valence-corrected chi connectivity index (χ4v) is 4.00. The first-order chi connectivity index (χ1) is 15.1. The van der Waals surface area contributed by atoms with Crippen molar-refractivity contribution in [1.82, 2.24) is 20.0 Å². The first kappa shape index (κ1) is 20.7. The van der Waals surface area contributed by atoms with Crippen LogP contribution in [0.4, 0.5) is 0 Å². The number of piperidine rings is 1. The molecular formula is C24H26N4O3. The number of ether oxygens (including phenoxy) is 1. The lowest BCUT2D eigenvalue weighted by atomic mass is 9.95. The molecule has 1 aliphatic heterocycles. The molecule has 0 radical (unpaired) electrons. The van der Waals surface area contributed by atoms with Gasteiger partial charge in [0.2, 0.25) is 5.91 Å². The molecule has 1 aromatic heterocycles. The monoisotopic (exact) mass is 418 g/mol. The van der Waals surface area contributed by atoms with Gasteiger partial charge >= 0.3 is 0 Å². The Balaban J connectivity index is 1.70. The van der Waals surface area contributed by atoms with Crippen molar-refractivity contribution in [2.75, 3.05) is 27.2 Å². The van der Waals surface area contributed by atoms with Gasteiger partial charge < -0.3 is 15.0 Å². The zero-order valence-electron chi connectivity index (χ0n) is 17.7. The molecule has 1 N–H and O–H groups in total. The van der Waals surface area contributed by atoms with Crippen molar-refractivity contribution in [3.8, 4) is 22.7 Å². The van der Waals surface area contributed by atoms with Gasteiger partial charge in [-0.15, -0.1) is 0 Å². The number of likely N-dealkylation sites (tertiary alicyclic amines) is 1. The summed E-state index contributed by atoms with van der Waals surface area (Å²) in [5.74, 6) is 0.570. The number of carbonyl (C=O) groups is 2. The third kappa shape index (κ3) is 4.17. The van der Waals surface area contributed by atoms with Crippen LogP contribution in [0.3, 0.4) is 0 Å². The summed E-state index contributed by atoms with van der Waals surface area (Å²) in [6.07, 6.45) is 3.09. The van der Waals surface area contributed by atoms with Gasteiger partial charge in [0.1, 0.15) is 11.4 Å². The van der Waals surface area contributed by atoms with Crippen LogP contribution in [0.1, 0.15) is 23.2 Å². The molecule has 7 nitrogen and oxygen atoms in total. The Hall–Kier alpha value is -3.61. The Morgan fingerprint density at radius 2 is 1.71 bits per heavy atom. The smallest absolute Gasteiger partial charge is 0.257 e. The van der Waals surface area contributed by atoms with E-state index in [0.29, 0.717) is 42.9 Å². The van der Waals surface area contributed by atoms with Crippen LogP contribution in [-0.4, -0.2) is 53.7 Å². The molecule has 4 rings (SSSR count). The highest BCUT2D eigenvalue weighted by molar-refractivity contribution is 6.00. The zero-order valence-corrected chi connectivity index (χ0v) is 17.7. The fraction of sp³-hybridized carbons (Fsp3) is 0.292. The summed E-state index contributed by atoms with van der Waals surface area (Å²) in [4.78, 5) is 27.3. The van der Waals surface area contributed by atoms with E-state index in [1.807, 2.05) is 59.5 Å². The number of methoxy groups -OCH3 is 1. The molecule has 160 valence electrons. The molecule has 0 spiro atoms. The first-order valence-electron chi connectivity index (χ1n) is 10.4. The maximum atomic E-state index is 13.5. The van der Waals surface area contributed by atoms with E-state index in [2.05, 4.69) is 5.32 Å². The Bertz CT molecular complexity index is 1070. The van der Waals surface area contributed by atoms with Crippen molar-refractivity contribution in [2.45, 2.75) is 12.8 Å². The highest BCUT2D eigenvalue weighted by Crippen LogP contribution is 2.33. The number of amides is 2. The highest BCUT2D eigenvalue weighted by atomic mass is 16.5. The SMILES string of the molecule is CNC(=O)C1CCN(C(=O)c2cn(-c3ccccc3)nc2-c2ccccc2OC)CC1. The average molecular weight is 418 g/mol. The molecule has 0 bridgehead atoms. The molecule has 2 amide bonds.